The van der Waals surface area contributed by atoms with Gasteiger partial charge in [0.25, 0.3) is 0 Å². The lowest BCUT2D eigenvalue weighted by Crippen LogP contribution is -2.36. The number of ether oxygens (including phenoxy) is 2. The number of methoxy groups -OCH3 is 1. The van der Waals surface area contributed by atoms with Crippen LogP contribution in [0.5, 0.6) is 5.75 Å². The summed E-state index contributed by atoms with van der Waals surface area (Å²) in [7, 11) is 1.70. The highest BCUT2D eigenvalue weighted by molar-refractivity contribution is 5.27. The monoisotopic (exact) mass is 251 g/mol. The van der Waals surface area contributed by atoms with Gasteiger partial charge in [-0.05, 0) is 37.1 Å². The second-order valence-corrected chi connectivity index (χ2v) is 5.06. The maximum absolute atomic E-state index is 5.93. The lowest BCUT2D eigenvalue weighted by Gasteiger charge is -2.20. The molecule has 0 radical (unpaired) electrons. The van der Waals surface area contributed by atoms with E-state index in [1.807, 2.05) is 18.2 Å². The predicted molar refractivity (Wildman–Crippen MR) is 75.2 cm³/mol. The second-order valence-electron chi connectivity index (χ2n) is 5.06. The predicted octanol–water partition coefficient (Wildman–Crippen LogP) is 2.63. The van der Waals surface area contributed by atoms with Crippen molar-refractivity contribution >= 4 is 0 Å². The van der Waals surface area contributed by atoms with Crippen LogP contribution in [0.4, 0.5) is 0 Å². The molecule has 102 valence electrons. The first-order valence-electron chi connectivity index (χ1n) is 6.54. The molecule has 0 saturated heterocycles. The zero-order valence-electron chi connectivity index (χ0n) is 11.9. The second kappa shape index (κ2) is 8.11. The first-order chi connectivity index (χ1) is 8.61. The molecule has 1 N–H and O–H groups in total. The van der Waals surface area contributed by atoms with Crippen LogP contribution in [-0.4, -0.2) is 32.9 Å². The molecule has 1 aromatic rings. The topological polar surface area (TPSA) is 30.5 Å². The molecule has 1 unspecified atom stereocenters. The molecule has 1 aromatic carbocycles. The van der Waals surface area contributed by atoms with Gasteiger partial charge in [0.1, 0.15) is 11.9 Å². The summed E-state index contributed by atoms with van der Waals surface area (Å²) >= 11 is 0. The molecule has 0 fully saturated rings. The summed E-state index contributed by atoms with van der Waals surface area (Å²) in [5.74, 6) is 1.55. The molecular formula is C15H25NO2. The van der Waals surface area contributed by atoms with Crippen molar-refractivity contribution in [2.75, 3.05) is 26.8 Å². The van der Waals surface area contributed by atoms with Gasteiger partial charge in [-0.15, -0.1) is 0 Å². The SMILES string of the molecule is COCC(CNCC(C)C)Oc1cccc(C)c1. The Morgan fingerprint density at radius 1 is 1.22 bits per heavy atom. The molecule has 0 amide bonds. The van der Waals surface area contributed by atoms with Crippen LogP contribution in [0, 0.1) is 12.8 Å². The van der Waals surface area contributed by atoms with Crippen molar-refractivity contribution in [1.82, 2.24) is 5.32 Å². The van der Waals surface area contributed by atoms with E-state index < -0.39 is 0 Å². The fraction of sp³-hybridized carbons (Fsp3) is 0.600. The van der Waals surface area contributed by atoms with Crippen LogP contribution in [0.1, 0.15) is 19.4 Å². The van der Waals surface area contributed by atoms with Crippen LogP contribution >= 0.6 is 0 Å². The van der Waals surface area contributed by atoms with Crippen molar-refractivity contribution in [1.29, 1.82) is 0 Å². The number of nitrogens with one attached hydrogen (secondary N) is 1. The highest BCUT2D eigenvalue weighted by Crippen LogP contribution is 2.14. The van der Waals surface area contributed by atoms with Gasteiger partial charge in [-0.2, -0.15) is 0 Å². The van der Waals surface area contributed by atoms with Crippen molar-refractivity contribution in [3.8, 4) is 5.75 Å². The van der Waals surface area contributed by atoms with Gasteiger partial charge in [-0.3, -0.25) is 0 Å². The van der Waals surface area contributed by atoms with E-state index in [2.05, 4.69) is 32.2 Å². The third-order valence-corrected chi connectivity index (χ3v) is 2.57. The van der Waals surface area contributed by atoms with Gasteiger partial charge >= 0.3 is 0 Å². The molecule has 0 heterocycles. The number of hydrogen-bond acceptors (Lipinski definition) is 3. The summed E-state index contributed by atoms with van der Waals surface area (Å²) in [6.07, 6.45) is 0.0514. The van der Waals surface area contributed by atoms with E-state index in [0.717, 1.165) is 18.8 Å². The van der Waals surface area contributed by atoms with Crippen LogP contribution in [0.2, 0.25) is 0 Å². The van der Waals surface area contributed by atoms with E-state index in [0.29, 0.717) is 12.5 Å². The summed E-state index contributed by atoms with van der Waals surface area (Å²) in [5, 5.41) is 3.40. The van der Waals surface area contributed by atoms with Gasteiger partial charge in [0.2, 0.25) is 0 Å². The van der Waals surface area contributed by atoms with E-state index in [1.54, 1.807) is 7.11 Å². The standard InChI is InChI=1S/C15H25NO2/c1-12(2)9-16-10-15(11-17-4)18-14-7-5-6-13(3)8-14/h5-8,12,15-16H,9-11H2,1-4H3. The molecule has 18 heavy (non-hydrogen) atoms. The molecule has 1 atom stereocenters. The first-order valence-corrected chi connectivity index (χ1v) is 6.54. The fourth-order valence-electron chi connectivity index (χ4n) is 1.73. The average molecular weight is 251 g/mol. The Morgan fingerprint density at radius 3 is 2.61 bits per heavy atom. The van der Waals surface area contributed by atoms with Gasteiger partial charge in [-0.1, -0.05) is 26.0 Å². The minimum Gasteiger partial charge on any atom is -0.487 e. The molecule has 3 nitrogen and oxygen atoms in total. The molecule has 0 spiro atoms. The van der Waals surface area contributed by atoms with Gasteiger partial charge in [0.15, 0.2) is 0 Å². The molecule has 0 aliphatic heterocycles. The van der Waals surface area contributed by atoms with Crippen molar-refractivity contribution < 1.29 is 9.47 Å². The average Bonchev–Trinajstić information content (AvgIpc) is 2.28. The smallest absolute Gasteiger partial charge is 0.134 e. The van der Waals surface area contributed by atoms with Crippen LogP contribution in [0.25, 0.3) is 0 Å². The Labute approximate surface area is 110 Å². The first kappa shape index (κ1) is 15.0. The zero-order chi connectivity index (χ0) is 13.4. The lowest BCUT2D eigenvalue weighted by molar-refractivity contribution is 0.0802. The lowest BCUT2D eigenvalue weighted by atomic mass is 10.2. The molecule has 3 heteroatoms. The normalized spacial score (nSPS) is 12.7. The quantitative estimate of drug-likeness (QED) is 0.770. The summed E-state index contributed by atoms with van der Waals surface area (Å²) in [4.78, 5) is 0. The number of hydrogen-bond donors (Lipinski definition) is 1. The summed E-state index contributed by atoms with van der Waals surface area (Å²) in [6, 6.07) is 8.11. The minimum absolute atomic E-state index is 0.0514. The fourth-order valence-corrected chi connectivity index (χ4v) is 1.73. The third kappa shape index (κ3) is 6.03. The summed E-state index contributed by atoms with van der Waals surface area (Å²) in [6.45, 7) is 8.85. The number of benzene rings is 1. The van der Waals surface area contributed by atoms with Gasteiger partial charge in [-0.25, -0.2) is 0 Å². The molecule has 0 bridgehead atoms. The van der Waals surface area contributed by atoms with E-state index in [9.17, 15) is 0 Å². The Bertz CT molecular complexity index is 339. The minimum atomic E-state index is 0.0514. The molecule has 0 saturated carbocycles. The van der Waals surface area contributed by atoms with Gasteiger partial charge in [0.05, 0.1) is 6.61 Å². The van der Waals surface area contributed by atoms with E-state index >= 15 is 0 Å². The van der Waals surface area contributed by atoms with Gasteiger partial charge < -0.3 is 14.8 Å². The third-order valence-electron chi connectivity index (χ3n) is 2.57. The van der Waals surface area contributed by atoms with Crippen LogP contribution in [-0.2, 0) is 4.74 Å². The van der Waals surface area contributed by atoms with Crippen LogP contribution < -0.4 is 10.1 Å². The molecule has 0 aliphatic rings. The maximum atomic E-state index is 5.93. The molecule has 1 rings (SSSR count). The Balaban J connectivity index is 2.46. The largest absolute Gasteiger partial charge is 0.487 e. The molecule has 0 aliphatic carbocycles. The highest BCUT2D eigenvalue weighted by atomic mass is 16.5. The highest BCUT2D eigenvalue weighted by Gasteiger charge is 2.10. The van der Waals surface area contributed by atoms with Crippen molar-refractivity contribution in [3.05, 3.63) is 29.8 Å². The van der Waals surface area contributed by atoms with Crippen molar-refractivity contribution in [2.45, 2.75) is 26.9 Å². The zero-order valence-corrected chi connectivity index (χ0v) is 11.9. The van der Waals surface area contributed by atoms with E-state index in [4.69, 9.17) is 9.47 Å². The van der Waals surface area contributed by atoms with Crippen molar-refractivity contribution in [3.63, 3.8) is 0 Å². The van der Waals surface area contributed by atoms with Crippen LogP contribution in [0.3, 0.4) is 0 Å². The summed E-state index contributed by atoms with van der Waals surface area (Å²) < 4.78 is 11.1. The summed E-state index contributed by atoms with van der Waals surface area (Å²) in [5.41, 5.74) is 1.21. The van der Waals surface area contributed by atoms with Gasteiger partial charge in [0, 0.05) is 13.7 Å². The van der Waals surface area contributed by atoms with E-state index in [-0.39, 0.29) is 6.10 Å². The van der Waals surface area contributed by atoms with E-state index in [1.165, 1.54) is 5.56 Å². The maximum Gasteiger partial charge on any atom is 0.134 e. The van der Waals surface area contributed by atoms with Crippen molar-refractivity contribution in [2.24, 2.45) is 5.92 Å². The Hall–Kier alpha value is -1.06. The Kier molecular flexibility index (Phi) is 6.76. The number of aryl methyl sites for hydroxylation is 1. The van der Waals surface area contributed by atoms with Crippen LogP contribution in [0.15, 0.2) is 24.3 Å². The Morgan fingerprint density at radius 2 is 2.00 bits per heavy atom. The molecule has 0 aromatic heterocycles. The number of rotatable bonds is 8. The molecular weight excluding hydrogens is 226 g/mol.